The van der Waals surface area contributed by atoms with Crippen LogP contribution < -0.4 is 0 Å². The number of nitrogens with zero attached hydrogens (tertiary/aromatic N) is 3. The summed E-state index contributed by atoms with van der Waals surface area (Å²) in [6.07, 6.45) is 0. The average Bonchev–Trinajstić information content (AvgIpc) is 3.35. The summed E-state index contributed by atoms with van der Waals surface area (Å²) in [5.74, 6) is 0.732. The van der Waals surface area contributed by atoms with Gasteiger partial charge >= 0.3 is 0 Å². The topological polar surface area (TPSA) is 62.3 Å². The fourth-order valence-electron chi connectivity index (χ4n) is 2.72. The van der Waals surface area contributed by atoms with E-state index in [-0.39, 0.29) is 6.04 Å². The average molecular weight is 353 g/mol. The number of aromatic nitrogens is 5. The maximum absolute atomic E-state index is 5.44. The highest BCUT2D eigenvalue weighted by molar-refractivity contribution is 7.71. The Balaban J connectivity index is 1.77. The first-order chi connectivity index (χ1) is 11.7. The Morgan fingerprint density at radius 2 is 1.92 bits per heavy atom. The molecule has 0 saturated heterocycles. The fraction of sp³-hybridized carbons (Fsp3) is 0.118. The predicted molar refractivity (Wildman–Crippen MR) is 98.6 cm³/mol. The van der Waals surface area contributed by atoms with Gasteiger partial charge in [-0.15, -0.1) is 11.3 Å². The van der Waals surface area contributed by atoms with Gasteiger partial charge < -0.3 is 0 Å². The van der Waals surface area contributed by atoms with Crippen LogP contribution in [0.4, 0.5) is 0 Å². The Labute approximate surface area is 148 Å². The standard InChI is InChI=1S/C17H15N5S2/c1-11(12-6-3-2-4-7-12)22-16(20-21-17(22)23)14-10-13(18-19-14)15-8-5-9-24-15/h2-11H,1H3,(H,18,19)(H,21,23)/t11-/m1/s1. The minimum Gasteiger partial charge on any atom is -0.291 e. The van der Waals surface area contributed by atoms with E-state index in [0.29, 0.717) is 4.77 Å². The van der Waals surface area contributed by atoms with Crippen LogP contribution >= 0.6 is 23.6 Å². The first kappa shape index (κ1) is 15.0. The molecule has 0 aliphatic carbocycles. The van der Waals surface area contributed by atoms with Crippen molar-refractivity contribution < 1.29 is 0 Å². The van der Waals surface area contributed by atoms with E-state index in [1.807, 2.05) is 40.3 Å². The Hall–Kier alpha value is -2.51. The van der Waals surface area contributed by atoms with Gasteiger partial charge in [-0.05, 0) is 42.2 Å². The van der Waals surface area contributed by atoms with Crippen LogP contribution in [0.5, 0.6) is 0 Å². The number of nitrogens with one attached hydrogen (secondary N) is 2. The SMILES string of the molecule is C[C@H](c1ccccc1)n1c(-c2cc(-c3cccs3)[nH]n2)n[nH]c1=S. The van der Waals surface area contributed by atoms with Gasteiger partial charge in [0, 0.05) is 0 Å². The summed E-state index contributed by atoms with van der Waals surface area (Å²) in [6, 6.07) is 16.4. The number of hydrogen-bond acceptors (Lipinski definition) is 4. The Morgan fingerprint density at radius 3 is 2.67 bits per heavy atom. The van der Waals surface area contributed by atoms with Crippen LogP contribution in [0, 0.1) is 4.77 Å². The lowest BCUT2D eigenvalue weighted by Gasteiger charge is -2.15. The number of rotatable bonds is 4. The summed E-state index contributed by atoms with van der Waals surface area (Å²) in [4.78, 5) is 1.14. The molecule has 3 aromatic heterocycles. The van der Waals surface area contributed by atoms with Gasteiger partial charge in [0.15, 0.2) is 10.6 Å². The summed E-state index contributed by atoms with van der Waals surface area (Å²) in [5, 5.41) is 16.8. The zero-order valence-corrected chi connectivity index (χ0v) is 14.6. The fourth-order valence-corrected chi connectivity index (χ4v) is 3.70. The molecule has 120 valence electrons. The van der Waals surface area contributed by atoms with Crippen LogP contribution in [0.15, 0.2) is 53.9 Å². The molecule has 4 aromatic rings. The predicted octanol–water partition coefficient (Wildman–Crippen LogP) is 4.67. The molecule has 0 amide bonds. The third-order valence-electron chi connectivity index (χ3n) is 3.97. The van der Waals surface area contributed by atoms with E-state index >= 15 is 0 Å². The lowest BCUT2D eigenvalue weighted by atomic mass is 10.1. The molecule has 0 fully saturated rings. The molecular formula is C17H15N5S2. The van der Waals surface area contributed by atoms with Gasteiger partial charge in [-0.2, -0.15) is 10.2 Å². The molecule has 1 aromatic carbocycles. The summed E-state index contributed by atoms with van der Waals surface area (Å²) >= 11 is 7.11. The second kappa shape index (κ2) is 6.18. The molecule has 0 bridgehead atoms. The number of H-pyrrole nitrogens is 2. The minimum atomic E-state index is 0.0642. The highest BCUT2D eigenvalue weighted by Crippen LogP contribution is 2.28. The molecule has 0 unspecified atom stereocenters. The van der Waals surface area contributed by atoms with E-state index in [2.05, 4.69) is 45.5 Å². The first-order valence-corrected chi connectivity index (χ1v) is 8.84. The van der Waals surface area contributed by atoms with E-state index in [1.54, 1.807) is 11.3 Å². The van der Waals surface area contributed by atoms with Crippen molar-refractivity contribution in [3.63, 3.8) is 0 Å². The largest absolute Gasteiger partial charge is 0.291 e. The summed E-state index contributed by atoms with van der Waals surface area (Å²) in [5.41, 5.74) is 2.92. The molecule has 0 aliphatic heterocycles. The lowest BCUT2D eigenvalue weighted by Crippen LogP contribution is -2.08. The number of aromatic amines is 2. The van der Waals surface area contributed by atoms with Crippen molar-refractivity contribution in [3.05, 3.63) is 64.2 Å². The normalized spacial score (nSPS) is 12.4. The molecule has 24 heavy (non-hydrogen) atoms. The van der Waals surface area contributed by atoms with Crippen LogP contribution in [0.3, 0.4) is 0 Å². The minimum absolute atomic E-state index is 0.0642. The molecule has 3 heterocycles. The third-order valence-corrected chi connectivity index (χ3v) is 5.16. The zero-order valence-electron chi connectivity index (χ0n) is 12.9. The van der Waals surface area contributed by atoms with Gasteiger partial charge in [0.25, 0.3) is 0 Å². The van der Waals surface area contributed by atoms with E-state index in [9.17, 15) is 0 Å². The van der Waals surface area contributed by atoms with Gasteiger partial charge in [-0.1, -0.05) is 36.4 Å². The zero-order chi connectivity index (χ0) is 16.5. The molecule has 0 spiro atoms. The van der Waals surface area contributed by atoms with Gasteiger partial charge in [-0.25, -0.2) is 0 Å². The second-order valence-electron chi connectivity index (χ2n) is 5.45. The van der Waals surface area contributed by atoms with Crippen LogP contribution in [0.25, 0.3) is 22.1 Å². The molecule has 4 rings (SSSR count). The molecule has 0 aliphatic rings. The van der Waals surface area contributed by atoms with E-state index in [0.717, 1.165) is 22.1 Å². The van der Waals surface area contributed by atoms with Crippen molar-refractivity contribution in [1.29, 1.82) is 0 Å². The first-order valence-electron chi connectivity index (χ1n) is 7.55. The molecule has 2 N–H and O–H groups in total. The highest BCUT2D eigenvalue weighted by atomic mass is 32.1. The summed E-state index contributed by atoms with van der Waals surface area (Å²) < 4.78 is 2.58. The molecular weight excluding hydrogens is 338 g/mol. The van der Waals surface area contributed by atoms with Crippen molar-refractivity contribution in [2.24, 2.45) is 0 Å². The number of thiophene rings is 1. The second-order valence-corrected chi connectivity index (χ2v) is 6.79. The Kier molecular flexibility index (Phi) is 3.87. The van der Waals surface area contributed by atoms with Crippen molar-refractivity contribution in [2.75, 3.05) is 0 Å². The van der Waals surface area contributed by atoms with Crippen LogP contribution in [0.2, 0.25) is 0 Å². The van der Waals surface area contributed by atoms with Gasteiger partial charge in [-0.3, -0.25) is 14.8 Å². The molecule has 1 atom stereocenters. The number of benzene rings is 1. The van der Waals surface area contributed by atoms with Crippen LogP contribution in [0.1, 0.15) is 18.5 Å². The van der Waals surface area contributed by atoms with Crippen molar-refractivity contribution in [2.45, 2.75) is 13.0 Å². The Morgan fingerprint density at radius 1 is 1.08 bits per heavy atom. The smallest absolute Gasteiger partial charge is 0.196 e. The highest BCUT2D eigenvalue weighted by Gasteiger charge is 2.18. The molecule has 0 radical (unpaired) electrons. The van der Waals surface area contributed by atoms with Crippen LogP contribution in [-0.4, -0.2) is 25.0 Å². The van der Waals surface area contributed by atoms with Gasteiger partial charge in [0.2, 0.25) is 0 Å². The van der Waals surface area contributed by atoms with Crippen molar-refractivity contribution >= 4 is 23.6 Å². The van der Waals surface area contributed by atoms with Gasteiger partial charge in [0.05, 0.1) is 16.6 Å². The van der Waals surface area contributed by atoms with Crippen molar-refractivity contribution in [3.8, 4) is 22.1 Å². The molecule has 5 nitrogen and oxygen atoms in total. The third kappa shape index (κ3) is 2.61. The molecule has 0 saturated carbocycles. The van der Waals surface area contributed by atoms with Gasteiger partial charge in [0.1, 0.15) is 5.69 Å². The van der Waals surface area contributed by atoms with E-state index in [1.165, 1.54) is 5.56 Å². The van der Waals surface area contributed by atoms with Crippen LogP contribution in [-0.2, 0) is 0 Å². The summed E-state index contributed by atoms with van der Waals surface area (Å²) in [7, 11) is 0. The quantitative estimate of drug-likeness (QED) is 0.524. The lowest BCUT2D eigenvalue weighted by molar-refractivity contribution is 0.634. The Bertz CT molecular complexity index is 995. The maximum Gasteiger partial charge on any atom is 0.196 e. The monoisotopic (exact) mass is 353 g/mol. The number of hydrogen-bond donors (Lipinski definition) is 2. The maximum atomic E-state index is 5.44. The summed E-state index contributed by atoms with van der Waals surface area (Å²) in [6.45, 7) is 2.11. The van der Waals surface area contributed by atoms with E-state index < -0.39 is 0 Å². The van der Waals surface area contributed by atoms with E-state index in [4.69, 9.17) is 12.2 Å². The van der Waals surface area contributed by atoms with Crippen molar-refractivity contribution in [1.82, 2.24) is 25.0 Å². The molecule has 7 heteroatoms.